The lowest BCUT2D eigenvalue weighted by Gasteiger charge is -2.08. The van der Waals surface area contributed by atoms with E-state index < -0.39 is 11.3 Å². The topological polar surface area (TPSA) is 43.4 Å². The number of halogens is 2. The first-order chi connectivity index (χ1) is 8.01. The highest BCUT2D eigenvalue weighted by Crippen LogP contribution is 2.17. The van der Waals surface area contributed by atoms with Crippen molar-refractivity contribution in [3.8, 4) is 0 Å². The van der Waals surface area contributed by atoms with Crippen molar-refractivity contribution in [1.82, 2.24) is 0 Å². The maximum atomic E-state index is 11.7. The zero-order valence-corrected chi connectivity index (χ0v) is 11.0. The van der Waals surface area contributed by atoms with Crippen LogP contribution in [0.5, 0.6) is 0 Å². The van der Waals surface area contributed by atoms with Gasteiger partial charge in [-0.3, -0.25) is 4.79 Å². The summed E-state index contributed by atoms with van der Waals surface area (Å²) in [6.07, 6.45) is 0. The minimum absolute atomic E-state index is 0.176. The van der Waals surface area contributed by atoms with E-state index in [-0.39, 0.29) is 11.7 Å². The lowest BCUT2D eigenvalue weighted by Crippen LogP contribution is -2.13. The molecule has 1 aromatic rings. The average molecular weight is 275 g/mol. The smallest absolute Gasteiger partial charge is 0.338 e. The molecule has 1 unspecified atom stereocenters. The van der Waals surface area contributed by atoms with Crippen LogP contribution in [0.3, 0.4) is 0 Å². The second-order valence-electron chi connectivity index (χ2n) is 3.48. The van der Waals surface area contributed by atoms with Crippen LogP contribution in [0.25, 0.3) is 0 Å². The molecule has 1 aromatic carbocycles. The standard InChI is InChI=1S/C12H12Cl2O3/c1-7(14)11(15)8-3-4-9(6-13)10(5-8)12(16)17-2/h3-5,7H,6H2,1-2H3. The summed E-state index contributed by atoms with van der Waals surface area (Å²) < 4.78 is 4.63. The largest absolute Gasteiger partial charge is 0.465 e. The number of methoxy groups -OCH3 is 1. The molecular formula is C12H12Cl2O3. The average Bonchev–Trinajstić information content (AvgIpc) is 2.35. The molecule has 0 N–H and O–H groups in total. The predicted octanol–water partition coefficient (Wildman–Crippen LogP) is 3.02. The van der Waals surface area contributed by atoms with E-state index in [4.69, 9.17) is 23.2 Å². The molecule has 5 heteroatoms. The number of carbonyl (C=O) groups is 2. The van der Waals surface area contributed by atoms with Crippen molar-refractivity contribution in [3.63, 3.8) is 0 Å². The summed E-state index contributed by atoms with van der Waals surface area (Å²) in [6, 6.07) is 4.70. The molecule has 1 atom stereocenters. The number of hydrogen-bond donors (Lipinski definition) is 0. The number of ether oxygens (including phenoxy) is 1. The third-order valence-electron chi connectivity index (χ3n) is 2.30. The van der Waals surface area contributed by atoms with Crippen LogP contribution in [-0.2, 0) is 10.6 Å². The number of esters is 1. The van der Waals surface area contributed by atoms with Gasteiger partial charge in [0.1, 0.15) is 0 Å². The predicted molar refractivity (Wildman–Crippen MR) is 67.0 cm³/mol. The van der Waals surface area contributed by atoms with Crippen molar-refractivity contribution in [3.05, 3.63) is 34.9 Å². The molecule has 0 aliphatic heterocycles. The number of hydrogen-bond acceptors (Lipinski definition) is 3. The molecular weight excluding hydrogens is 263 g/mol. The molecule has 0 spiro atoms. The zero-order chi connectivity index (χ0) is 13.0. The first-order valence-corrected chi connectivity index (χ1v) is 5.93. The fourth-order valence-electron chi connectivity index (χ4n) is 1.38. The molecule has 0 aromatic heterocycles. The second-order valence-corrected chi connectivity index (χ2v) is 4.40. The summed E-state index contributed by atoms with van der Waals surface area (Å²) in [5.41, 5.74) is 1.30. The van der Waals surface area contributed by atoms with Crippen molar-refractivity contribution < 1.29 is 14.3 Å². The number of benzene rings is 1. The van der Waals surface area contributed by atoms with E-state index in [1.165, 1.54) is 13.2 Å². The van der Waals surface area contributed by atoms with E-state index >= 15 is 0 Å². The van der Waals surface area contributed by atoms with Gasteiger partial charge in [-0.25, -0.2) is 4.79 Å². The lowest BCUT2D eigenvalue weighted by atomic mass is 10.0. The summed E-state index contributed by atoms with van der Waals surface area (Å²) in [7, 11) is 1.28. The van der Waals surface area contributed by atoms with E-state index in [9.17, 15) is 9.59 Å². The fourth-order valence-corrected chi connectivity index (χ4v) is 1.73. The molecule has 0 radical (unpaired) electrons. The van der Waals surface area contributed by atoms with E-state index in [0.717, 1.165) is 0 Å². The molecule has 0 saturated heterocycles. The number of Topliss-reactive ketones (excluding diaryl/α,β-unsaturated/α-hetero) is 1. The quantitative estimate of drug-likeness (QED) is 0.482. The van der Waals surface area contributed by atoms with Gasteiger partial charge >= 0.3 is 5.97 Å². The summed E-state index contributed by atoms with van der Waals surface area (Å²) in [5, 5.41) is -0.637. The summed E-state index contributed by atoms with van der Waals surface area (Å²) in [6.45, 7) is 1.58. The van der Waals surface area contributed by atoms with Crippen molar-refractivity contribution in [2.45, 2.75) is 18.2 Å². The van der Waals surface area contributed by atoms with E-state index in [0.29, 0.717) is 16.7 Å². The van der Waals surface area contributed by atoms with E-state index in [2.05, 4.69) is 4.74 Å². The molecule has 0 amide bonds. The zero-order valence-electron chi connectivity index (χ0n) is 9.50. The normalized spacial score (nSPS) is 12.0. The molecule has 1 rings (SSSR count). The summed E-state index contributed by atoms with van der Waals surface area (Å²) >= 11 is 11.4. The van der Waals surface area contributed by atoms with E-state index in [1.807, 2.05) is 0 Å². The van der Waals surface area contributed by atoms with Crippen molar-refractivity contribution in [2.75, 3.05) is 7.11 Å². The van der Waals surface area contributed by atoms with Gasteiger partial charge in [-0.15, -0.1) is 23.2 Å². The Hall–Kier alpha value is -1.06. The van der Waals surface area contributed by atoms with Gasteiger partial charge in [0.05, 0.1) is 18.1 Å². The highest BCUT2D eigenvalue weighted by atomic mass is 35.5. The van der Waals surface area contributed by atoms with Crippen LogP contribution in [0.1, 0.15) is 33.2 Å². The molecule has 0 aliphatic carbocycles. The number of carbonyl (C=O) groups excluding carboxylic acids is 2. The molecule has 3 nitrogen and oxygen atoms in total. The maximum Gasteiger partial charge on any atom is 0.338 e. The van der Waals surface area contributed by atoms with Gasteiger partial charge in [-0.2, -0.15) is 0 Å². The Balaban J connectivity index is 3.22. The fraction of sp³-hybridized carbons (Fsp3) is 0.333. The van der Waals surface area contributed by atoms with Gasteiger partial charge in [-0.05, 0) is 18.6 Å². The molecule has 0 heterocycles. The van der Waals surface area contributed by atoms with Crippen LogP contribution < -0.4 is 0 Å². The van der Waals surface area contributed by atoms with Crippen LogP contribution >= 0.6 is 23.2 Å². The number of alkyl halides is 2. The Bertz CT molecular complexity index is 441. The Morgan fingerprint density at radius 2 is 2.06 bits per heavy atom. The molecule has 17 heavy (non-hydrogen) atoms. The maximum absolute atomic E-state index is 11.7. The van der Waals surface area contributed by atoms with Crippen molar-refractivity contribution in [1.29, 1.82) is 0 Å². The van der Waals surface area contributed by atoms with Gasteiger partial charge < -0.3 is 4.74 Å². The SMILES string of the molecule is COC(=O)c1cc(C(=O)C(C)Cl)ccc1CCl. The molecule has 0 saturated carbocycles. The number of ketones is 1. The minimum Gasteiger partial charge on any atom is -0.465 e. The summed E-state index contributed by atoms with van der Waals surface area (Å²) in [4.78, 5) is 23.2. The van der Waals surface area contributed by atoms with Crippen molar-refractivity contribution >= 4 is 35.0 Å². The summed E-state index contributed by atoms with van der Waals surface area (Å²) in [5.74, 6) is -0.578. The monoisotopic (exact) mass is 274 g/mol. The van der Waals surface area contributed by atoms with Crippen LogP contribution in [0, 0.1) is 0 Å². The van der Waals surface area contributed by atoms with E-state index in [1.54, 1.807) is 19.1 Å². The third-order valence-corrected chi connectivity index (χ3v) is 2.79. The van der Waals surface area contributed by atoms with Gasteiger partial charge in [0.2, 0.25) is 0 Å². The third kappa shape index (κ3) is 3.20. The van der Waals surface area contributed by atoms with Crippen LogP contribution in [0.15, 0.2) is 18.2 Å². The van der Waals surface area contributed by atoms with Gasteiger partial charge in [-0.1, -0.05) is 12.1 Å². The molecule has 0 fully saturated rings. The van der Waals surface area contributed by atoms with Crippen LogP contribution in [0.2, 0.25) is 0 Å². The lowest BCUT2D eigenvalue weighted by molar-refractivity contribution is 0.0600. The van der Waals surface area contributed by atoms with Gasteiger partial charge in [0.25, 0.3) is 0 Å². The van der Waals surface area contributed by atoms with Crippen LogP contribution in [0.4, 0.5) is 0 Å². The Kier molecular flexibility index (Phi) is 4.97. The molecule has 92 valence electrons. The van der Waals surface area contributed by atoms with Crippen molar-refractivity contribution in [2.24, 2.45) is 0 Å². The molecule has 0 aliphatic rings. The Morgan fingerprint density at radius 1 is 1.41 bits per heavy atom. The minimum atomic E-state index is -0.637. The Labute approximate surface area is 110 Å². The molecule has 0 bridgehead atoms. The van der Waals surface area contributed by atoms with Gasteiger partial charge in [0.15, 0.2) is 5.78 Å². The first-order valence-electron chi connectivity index (χ1n) is 4.96. The number of rotatable bonds is 4. The van der Waals surface area contributed by atoms with Gasteiger partial charge in [0, 0.05) is 11.4 Å². The Morgan fingerprint density at radius 3 is 2.53 bits per heavy atom. The highest BCUT2D eigenvalue weighted by molar-refractivity contribution is 6.33. The first kappa shape index (κ1) is 14.0. The highest BCUT2D eigenvalue weighted by Gasteiger charge is 2.17. The second kappa shape index (κ2) is 6.03. The van der Waals surface area contributed by atoms with Crippen LogP contribution in [-0.4, -0.2) is 24.2 Å².